The van der Waals surface area contributed by atoms with E-state index in [0.717, 1.165) is 37.8 Å². The maximum absolute atomic E-state index is 12.1. The summed E-state index contributed by atoms with van der Waals surface area (Å²) in [7, 11) is 1.92. The van der Waals surface area contributed by atoms with Crippen LogP contribution < -0.4 is 5.32 Å². The number of nitrogens with zero attached hydrogens (tertiary/aromatic N) is 1. The highest BCUT2D eigenvalue weighted by atomic mass is 16.3. The van der Waals surface area contributed by atoms with Crippen molar-refractivity contribution in [3.8, 4) is 0 Å². The van der Waals surface area contributed by atoms with Crippen molar-refractivity contribution in [1.29, 1.82) is 0 Å². The summed E-state index contributed by atoms with van der Waals surface area (Å²) in [5, 5.41) is 12.9. The van der Waals surface area contributed by atoms with E-state index in [1.54, 1.807) is 0 Å². The Morgan fingerprint density at radius 1 is 1.29 bits per heavy atom. The predicted octanol–water partition coefficient (Wildman–Crippen LogP) is 2.42. The molecule has 0 spiro atoms. The lowest BCUT2D eigenvalue weighted by Crippen LogP contribution is -2.46. The molecular weight excluding hydrogens is 264 g/mol. The molecule has 0 saturated heterocycles. The largest absolute Gasteiger partial charge is 0.391 e. The van der Waals surface area contributed by atoms with Gasteiger partial charge in [-0.15, -0.1) is 0 Å². The van der Waals surface area contributed by atoms with Crippen molar-refractivity contribution >= 4 is 11.6 Å². The quantitative estimate of drug-likeness (QED) is 0.875. The number of aliphatic hydroxyl groups excluding tert-OH is 1. The fourth-order valence-electron chi connectivity index (χ4n) is 2.97. The van der Waals surface area contributed by atoms with E-state index in [2.05, 4.69) is 12.2 Å². The summed E-state index contributed by atoms with van der Waals surface area (Å²) in [4.78, 5) is 14.1. The second-order valence-electron chi connectivity index (χ2n) is 5.93. The Hall–Kier alpha value is -1.39. The number of aliphatic hydroxyl groups is 1. The minimum absolute atomic E-state index is 0.0282. The third kappa shape index (κ3) is 4.55. The van der Waals surface area contributed by atoms with Crippen LogP contribution in [0, 0.1) is 0 Å². The fourth-order valence-corrected chi connectivity index (χ4v) is 2.97. The number of likely N-dealkylation sites (N-methyl/N-ethyl adjacent to an activating group) is 1. The molecule has 4 heteroatoms. The van der Waals surface area contributed by atoms with Crippen LogP contribution in [0.2, 0.25) is 0 Å². The van der Waals surface area contributed by atoms with Gasteiger partial charge in [-0.2, -0.15) is 0 Å². The lowest BCUT2D eigenvalue weighted by molar-refractivity contribution is -0.118. The van der Waals surface area contributed by atoms with Crippen LogP contribution in [0.15, 0.2) is 24.3 Å². The first-order valence-electron chi connectivity index (χ1n) is 7.87. The molecule has 1 saturated carbocycles. The van der Waals surface area contributed by atoms with Gasteiger partial charge in [-0.25, -0.2) is 0 Å². The van der Waals surface area contributed by atoms with Crippen molar-refractivity contribution in [1.82, 2.24) is 4.90 Å². The molecule has 2 N–H and O–H groups in total. The molecule has 0 aromatic heterocycles. The van der Waals surface area contributed by atoms with E-state index in [0.29, 0.717) is 6.54 Å². The maximum atomic E-state index is 12.1. The van der Waals surface area contributed by atoms with Crippen LogP contribution >= 0.6 is 0 Å². The molecule has 1 amide bonds. The topological polar surface area (TPSA) is 52.6 Å². The number of nitrogens with one attached hydrogen (secondary N) is 1. The van der Waals surface area contributed by atoms with Gasteiger partial charge < -0.3 is 10.4 Å². The van der Waals surface area contributed by atoms with Gasteiger partial charge in [0.2, 0.25) is 5.91 Å². The summed E-state index contributed by atoms with van der Waals surface area (Å²) in [6.07, 6.45) is 4.72. The number of anilines is 1. The van der Waals surface area contributed by atoms with Gasteiger partial charge in [0.05, 0.1) is 12.6 Å². The Morgan fingerprint density at radius 3 is 2.57 bits per heavy atom. The first-order valence-corrected chi connectivity index (χ1v) is 7.87. The SMILES string of the molecule is CCc1ccc(NC(=O)CN(C)C2CCCCC2O)cc1. The van der Waals surface area contributed by atoms with E-state index < -0.39 is 0 Å². The zero-order valence-electron chi connectivity index (χ0n) is 13.0. The van der Waals surface area contributed by atoms with Crippen molar-refractivity contribution in [2.45, 2.75) is 51.2 Å². The lowest BCUT2D eigenvalue weighted by atomic mass is 9.91. The highest BCUT2D eigenvalue weighted by Crippen LogP contribution is 2.22. The predicted molar refractivity (Wildman–Crippen MR) is 85.3 cm³/mol. The van der Waals surface area contributed by atoms with Crippen LogP contribution in [0.1, 0.15) is 38.2 Å². The third-order valence-corrected chi connectivity index (χ3v) is 4.30. The van der Waals surface area contributed by atoms with Crippen LogP contribution in [-0.2, 0) is 11.2 Å². The summed E-state index contributed by atoms with van der Waals surface area (Å²) >= 11 is 0. The molecule has 1 aliphatic rings. The van der Waals surface area contributed by atoms with Gasteiger partial charge in [0, 0.05) is 11.7 Å². The highest BCUT2D eigenvalue weighted by Gasteiger charge is 2.27. The first kappa shape index (κ1) is 16.0. The van der Waals surface area contributed by atoms with E-state index >= 15 is 0 Å². The number of benzene rings is 1. The number of hydrogen-bond acceptors (Lipinski definition) is 3. The van der Waals surface area contributed by atoms with Crippen LogP contribution in [-0.4, -0.2) is 41.7 Å². The number of carbonyl (C=O) groups excluding carboxylic acids is 1. The molecule has 0 aliphatic heterocycles. The molecular formula is C17H26N2O2. The fraction of sp³-hybridized carbons (Fsp3) is 0.588. The van der Waals surface area contributed by atoms with Crippen molar-refractivity contribution < 1.29 is 9.90 Å². The van der Waals surface area contributed by atoms with Gasteiger partial charge in [-0.3, -0.25) is 9.69 Å². The number of amides is 1. The van der Waals surface area contributed by atoms with E-state index in [-0.39, 0.29) is 18.1 Å². The molecule has 1 fully saturated rings. The molecule has 1 aliphatic carbocycles. The van der Waals surface area contributed by atoms with Crippen LogP contribution in [0.5, 0.6) is 0 Å². The standard InChI is InChI=1S/C17H26N2O2/c1-3-13-8-10-14(11-9-13)18-17(21)12-19(2)15-6-4-5-7-16(15)20/h8-11,15-16,20H,3-7,12H2,1-2H3,(H,18,21). The van der Waals surface area contributed by atoms with Crippen molar-refractivity contribution in [2.24, 2.45) is 0 Å². The normalized spacial score (nSPS) is 22.3. The van der Waals surface area contributed by atoms with Crippen LogP contribution in [0.25, 0.3) is 0 Å². The van der Waals surface area contributed by atoms with E-state index in [9.17, 15) is 9.90 Å². The summed E-state index contributed by atoms with van der Waals surface area (Å²) in [5.74, 6) is -0.0282. The Morgan fingerprint density at radius 2 is 1.95 bits per heavy atom. The zero-order valence-corrected chi connectivity index (χ0v) is 13.0. The van der Waals surface area contributed by atoms with Gasteiger partial charge in [0.1, 0.15) is 0 Å². The second kappa shape index (κ2) is 7.57. The molecule has 116 valence electrons. The van der Waals surface area contributed by atoms with Crippen molar-refractivity contribution in [3.05, 3.63) is 29.8 Å². The molecule has 2 rings (SSSR count). The molecule has 21 heavy (non-hydrogen) atoms. The van der Waals surface area contributed by atoms with Crippen molar-refractivity contribution in [2.75, 3.05) is 18.9 Å². The molecule has 1 aromatic carbocycles. The molecule has 0 radical (unpaired) electrons. The Balaban J connectivity index is 1.85. The smallest absolute Gasteiger partial charge is 0.238 e. The first-order chi connectivity index (χ1) is 10.1. The van der Waals surface area contributed by atoms with Gasteiger partial charge >= 0.3 is 0 Å². The summed E-state index contributed by atoms with van der Waals surface area (Å²) < 4.78 is 0. The second-order valence-corrected chi connectivity index (χ2v) is 5.93. The number of hydrogen-bond donors (Lipinski definition) is 2. The Bertz CT molecular complexity index is 458. The Labute approximate surface area is 127 Å². The van der Waals surface area contributed by atoms with Crippen LogP contribution in [0.4, 0.5) is 5.69 Å². The summed E-state index contributed by atoms with van der Waals surface area (Å²) in [6, 6.07) is 8.04. The average Bonchev–Trinajstić information content (AvgIpc) is 2.48. The number of rotatable bonds is 5. The molecule has 2 atom stereocenters. The maximum Gasteiger partial charge on any atom is 0.238 e. The molecule has 4 nitrogen and oxygen atoms in total. The minimum atomic E-state index is -0.305. The number of aryl methyl sites for hydroxylation is 1. The average molecular weight is 290 g/mol. The van der Waals surface area contributed by atoms with E-state index in [1.807, 2.05) is 36.2 Å². The van der Waals surface area contributed by atoms with Gasteiger partial charge in [0.25, 0.3) is 0 Å². The van der Waals surface area contributed by atoms with E-state index in [1.165, 1.54) is 5.56 Å². The lowest BCUT2D eigenvalue weighted by Gasteiger charge is -2.34. The van der Waals surface area contributed by atoms with E-state index in [4.69, 9.17) is 0 Å². The van der Waals surface area contributed by atoms with Gasteiger partial charge in [-0.05, 0) is 44.0 Å². The molecule has 0 bridgehead atoms. The van der Waals surface area contributed by atoms with Gasteiger partial charge in [0.15, 0.2) is 0 Å². The Kier molecular flexibility index (Phi) is 5.76. The number of carbonyl (C=O) groups is 1. The van der Waals surface area contributed by atoms with Crippen molar-refractivity contribution in [3.63, 3.8) is 0 Å². The monoisotopic (exact) mass is 290 g/mol. The molecule has 0 heterocycles. The summed E-state index contributed by atoms with van der Waals surface area (Å²) in [6.45, 7) is 2.43. The molecule has 1 aromatic rings. The zero-order chi connectivity index (χ0) is 15.2. The minimum Gasteiger partial charge on any atom is -0.391 e. The van der Waals surface area contributed by atoms with Crippen LogP contribution in [0.3, 0.4) is 0 Å². The highest BCUT2D eigenvalue weighted by molar-refractivity contribution is 5.92. The third-order valence-electron chi connectivity index (χ3n) is 4.30. The van der Waals surface area contributed by atoms with Gasteiger partial charge in [-0.1, -0.05) is 31.9 Å². The molecule has 2 unspecified atom stereocenters. The summed E-state index contributed by atoms with van der Waals surface area (Å²) in [5.41, 5.74) is 2.09.